The molecule has 36 heavy (non-hydrogen) atoms. The molecule has 0 saturated carbocycles. The van der Waals surface area contributed by atoms with E-state index in [1.54, 1.807) is 17.0 Å². The van der Waals surface area contributed by atoms with Crippen LogP contribution in [0.1, 0.15) is 22.9 Å². The third-order valence-electron chi connectivity index (χ3n) is 6.19. The predicted octanol–water partition coefficient (Wildman–Crippen LogP) is 4.95. The van der Waals surface area contributed by atoms with Gasteiger partial charge in [-0.15, -0.1) is 0 Å². The SMILES string of the molecule is O=C(Oc1ccc(F)cc1)N1CCc2c([nH]c3ccc(Br)cc23)[C@@H]1c1ccc(OCC(O)CO)cc1. The molecule has 1 aliphatic heterocycles. The Labute approximate surface area is 215 Å². The highest BCUT2D eigenvalue weighted by molar-refractivity contribution is 9.10. The van der Waals surface area contributed by atoms with Gasteiger partial charge in [0.25, 0.3) is 0 Å². The third kappa shape index (κ3) is 4.95. The zero-order valence-electron chi connectivity index (χ0n) is 19.2. The summed E-state index contributed by atoms with van der Waals surface area (Å²) in [5, 5.41) is 19.6. The summed E-state index contributed by atoms with van der Waals surface area (Å²) >= 11 is 3.55. The van der Waals surface area contributed by atoms with Crippen molar-refractivity contribution in [1.29, 1.82) is 0 Å². The molecule has 4 aromatic rings. The molecule has 9 heteroatoms. The predicted molar refractivity (Wildman–Crippen MR) is 136 cm³/mol. The minimum absolute atomic E-state index is 0.0313. The highest BCUT2D eigenvalue weighted by Gasteiger charge is 2.35. The Kier molecular flexibility index (Phi) is 6.95. The molecule has 0 fully saturated rings. The molecule has 0 spiro atoms. The smallest absolute Gasteiger partial charge is 0.416 e. The van der Waals surface area contributed by atoms with Crippen LogP contribution in [-0.2, 0) is 6.42 Å². The minimum atomic E-state index is -0.965. The first-order valence-corrected chi connectivity index (χ1v) is 12.3. The number of carbonyl (C=O) groups is 1. The first-order chi connectivity index (χ1) is 17.4. The molecule has 0 bridgehead atoms. The maximum absolute atomic E-state index is 13.3. The number of aromatic nitrogens is 1. The highest BCUT2D eigenvalue weighted by Crippen LogP contribution is 2.40. The summed E-state index contributed by atoms with van der Waals surface area (Å²) in [6.45, 7) is 0.0130. The molecule has 5 rings (SSSR count). The van der Waals surface area contributed by atoms with Crippen molar-refractivity contribution in [2.24, 2.45) is 0 Å². The number of aromatic amines is 1. The molecule has 2 atom stereocenters. The second-order valence-electron chi connectivity index (χ2n) is 8.59. The molecule has 7 nitrogen and oxygen atoms in total. The van der Waals surface area contributed by atoms with Gasteiger partial charge in [0, 0.05) is 27.6 Å². The molecule has 0 aliphatic carbocycles. The molecule has 3 N–H and O–H groups in total. The Hall–Kier alpha value is -3.40. The van der Waals surface area contributed by atoms with Crippen LogP contribution >= 0.6 is 15.9 Å². The van der Waals surface area contributed by atoms with E-state index in [2.05, 4.69) is 27.0 Å². The van der Waals surface area contributed by atoms with Crippen LogP contribution < -0.4 is 9.47 Å². The second kappa shape index (κ2) is 10.3. The number of fused-ring (bicyclic) bond motifs is 3. The van der Waals surface area contributed by atoms with Gasteiger partial charge in [0.1, 0.15) is 36.1 Å². The van der Waals surface area contributed by atoms with E-state index in [4.69, 9.17) is 14.6 Å². The summed E-state index contributed by atoms with van der Waals surface area (Å²) in [5.74, 6) is 0.384. The van der Waals surface area contributed by atoms with Crippen LogP contribution in [-0.4, -0.2) is 52.1 Å². The molecule has 1 aliphatic rings. The van der Waals surface area contributed by atoms with Gasteiger partial charge in [-0.3, -0.25) is 4.90 Å². The number of aliphatic hydroxyl groups excluding tert-OH is 2. The summed E-state index contributed by atoms with van der Waals surface area (Å²) in [6.07, 6.45) is -0.863. The standard InChI is InChI=1S/C27H24BrFN2O5/c28-17-3-10-24-23(13-17)22-11-12-31(27(34)36-21-8-4-18(29)5-9-21)26(25(22)30-24)16-1-6-20(7-2-16)35-15-19(33)14-32/h1-10,13,19,26,30,32-33H,11-12,14-15H2/t19?,26-/m0/s1. The quantitative estimate of drug-likeness (QED) is 0.313. The van der Waals surface area contributed by atoms with Crippen molar-refractivity contribution in [3.8, 4) is 11.5 Å². The van der Waals surface area contributed by atoms with Crippen LogP contribution in [0.4, 0.5) is 9.18 Å². The van der Waals surface area contributed by atoms with E-state index in [1.165, 1.54) is 24.3 Å². The number of H-pyrrole nitrogens is 1. The minimum Gasteiger partial charge on any atom is -0.491 e. The monoisotopic (exact) mass is 554 g/mol. The lowest BCUT2D eigenvalue weighted by atomic mass is 9.92. The van der Waals surface area contributed by atoms with Crippen molar-refractivity contribution in [2.45, 2.75) is 18.6 Å². The second-order valence-corrected chi connectivity index (χ2v) is 9.51. The fourth-order valence-electron chi connectivity index (χ4n) is 4.46. The lowest BCUT2D eigenvalue weighted by Gasteiger charge is -2.35. The van der Waals surface area contributed by atoms with E-state index < -0.39 is 24.1 Å². The number of nitrogens with zero attached hydrogens (tertiary/aromatic N) is 1. The van der Waals surface area contributed by atoms with Crippen molar-refractivity contribution < 1.29 is 28.9 Å². The Morgan fingerprint density at radius 3 is 2.56 bits per heavy atom. The van der Waals surface area contributed by atoms with Gasteiger partial charge in [-0.1, -0.05) is 28.1 Å². The Morgan fingerprint density at radius 2 is 1.83 bits per heavy atom. The number of ether oxygens (including phenoxy) is 2. The summed E-state index contributed by atoms with van der Waals surface area (Å²) in [6, 6.07) is 18.2. The van der Waals surface area contributed by atoms with E-state index in [0.29, 0.717) is 18.7 Å². The van der Waals surface area contributed by atoms with Gasteiger partial charge >= 0.3 is 6.09 Å². The van der Waals surface area contributed by atoms with E-state index in [-0.39, 0.29) is 19.0 Å². The molecule has 3 aromatic carbocycles. The van der Waals surface area contributed by atoms with Gasteiger partial charge in [0.05, 0.1) is 6.61 Å². The summed E-state index contributed by atoms with van der Waals surface area (Å²) in [4.78, 5) is 18.5. The third-order valence-corrected chi connectivity index (χ3v) is 6.68. The number of amides is 1. The number of hydrogen-bond acceptors (Lipinski definition) is 5. The van der Waals surface area contributed by atoms with Crippen molar-refractivity contribution in [3.63, 3.8) is 0 Å². The fraction of sp³-hybridized carbons (Fsp3) is 0.222. The Balaban J connectivity index is 1.50. The maximum atomic E-state index is 13.3. The van der Waals surface area contributed by atoms with Gasteiger partial charge in [0.2, 0.25) is 0 Å². The number of nitrogens with one attached hydrogen (secondary N) is 1. The number of carbonyl (C=O) groups excluding carboxylic acids is 1. The molecule has 0 radical (unpaired) electrons. The van der Waals surface area contributed by atoms with Crippen LogP contribution in [0, 0.1) is 5.82 Å². The van der Waals surface area contributed by atoms with Gasteiger partial charge in [0.15, 0.2) is 0 Å². The van der Waals surface area contributed by atoms with E-state index in [9.17, 15) is 14.3 Å². The number of aliphatic hydroxyl groups is 2. The maximum Gasteiger partial charge on any atom is 0.416 e. The summed E-state index contributed by atoms with van der Waals surface area (Å²) in [7, 11) is 0. The molecule has 186 valence electrons. The average Bonchev–Trinajstić information content (AvgIpc) is 3.26. The summed E-state index contributed by atoms with van der Waals surface area (Å²) in [5.41, 5.74) is 3.84. The number of halogens is 2. The molecule has 1 amide bonds. The van der Waals surface area contributed by atoms with Crippen LogP contribution in [0.25, 0.3) is 10.9 Å². The van der Waals surface area contributed by atoms with Crippen LogP contribution in [0.3, 0.4) is 0 Å². The molecular formula is C27H24BrFN2O5. The normalized spacial score (nSPS) is 16.0. The fourth-order valence-corrected chi connectivity index (χ4v) is 4.82. The molecule has 1 unspecified atom stereocenters. The lowest BCUT2D eigenvalue weighted by molar-refractivity contribution is 0.0536. The number of benzene rings is 3. The highest BCUT2D eigenvalue weighted by atomic mass is 79.9. The van der Waals surface area contributed by atoms with Crippen LogP contribution in [0.2, 0.25) is 0 Å². The zero-order valence-corrected chi connectivity index (χ0v) is 20.7. The Bertz CT molecular complexity index is 1370. The van der Waals surface area contributed by atoms with Crippen molar-refractivity contribution in [1.82, 2.24) is 9.88 Å². The van der Waals surface area contributed by atoms with Gasteiger partial charge in [-0.25, -0.2) is 9.18 Å². The van der Waals surface area contributed by atoms with Crippen LogP contribution in [0.5, 0.6) is 11.5 Å². The van der Waals surface area contributed by atoms with Crippen LogP contribution in [0.15, 0.2) is 71.2 Å². The topological polar surface area (TPSA) is 95.0 Å². The molecule has 1 aromatic heterocycles. The first-order valence-electron chi connectivity index (χ1n) is 11.5. The van der Waals surface area contributed by atoms with E-state index in [1.807, 2.05) is 24.3 Å². The van der Waals surface area contributed by atoms with E-state index in [0.717, 1.165) is 32.2 Å². The molecule has 2 heterocycles. The summed E-state index contributed by atoms with van der Waals surface area (Å²) < 4.78 is 25.4. The van der Waals surface area contributed by atoms with Gasteiger partial charge in [-0.2, -0.15) is 0 Å². The van der Waals surface area contributed by atoms with Crippen molar-refractivity contribution >= 4 is 32.9 Å². The number of hydrogen-bond donors (Lipinski definition) is 3. The van der Waals surface area contributed by atoms with Gasteiger partial charge < -0.3 is 24.7 Å². The first kappa shape index (κ1) is 24.3. The van der Waals surface area contributed by atoms with E-state index >= 15 is 0 Å². The Morgan fingerprint density at radius 1 is 1.11 bits per heavy atom. The average molecular weight is 555 g/mol. The molecular weight excluding hydrogens is 531 g/mol. The molecule has 0 saturated heterocycles. The number of rotatable bonds is 6. The van der Waals surface area contributed by atoms with Crippen molar-refractivity contribution in [2.75, 3.05) is 19.8 Å². The largest absolute Gasteiger partial charge is 0.491 e. The zero-order chi connectivity index (χ0) is 25.2. The van der Waals surface area contributed by atoms with Gasteiger partial charge in [-0.05, 0) is 72.1 Å². The lowest BCUT2D eigenvalue weighted by Crippen LogP contribution is -2.42. The van der Waals surface area contributed by atoms with Crippen molar-refractivity contribution in [3.05, 3.63) is 93.8 Å².